The average Bonchev–Trinajstić information content (AvgIpc) is 2.90. The Morgan fingerprint density at radius 2 is 2.10 bits per heavy atom. The van der Waals surface area contributed by atoms with Gasteiger partial charge in [0.1, 0.15) is 10.8 Å². The van der Waals surface area contributed by atoms with E-state index < -0.39 is 0 Å². The van der Waals surface area contributed by atoms with Crippen LogP contribution in [-0.2, 0) is 6.42 Å². The van der Waals surface area contributed by atoms with Gasteiger partial charge in [-0.15, -0.1) is 11.3 Å². The molecule has 20 heavy (non-hydrogen) atoms. The molecule has 0 amide bonds. The van der Waals surface area contributed by atoms with Gasteiger partial charge in [-0.2, -0.15) is 0 Å². The first-order chi connectivity index (χ1) is 9.41. The van der Waals surface area contributed by atoms with Gasteiger partial charge in [0, 0.05) is 10.9 Å². The molecule has 0 fully saturated rings. The van der Waals surface area contributed by atoms with Crippen molar-refractivity contribution in [2.45, 2.75) is 46.6 Å². The molecule has 1 N–H and O–H groups in total. The zero-order valence-electron chi connectivity index (χ0n) is 12.7. The van der Waals surface area contributed by atoms with E-state index in [0.29, 0.717) is 11.5 Å². The van der Waals surface area contributed by atoms with E-state index in [1.54, 1.807) is 11.3 Å². The van der Waals surface area contributed by atoms with Crippen LogP contribution < -0.4 is 5.32 Å². The van der Waals surface area contributed by atoms with Gasteiger partial charge < -0.3 is 9.84 Å². The zero-order chi connectivity index (χ0) is 14.5. The lowest BCUT2D eigenvalue weighted by molar-refractivity contribution is 0.265. The molecule has 4 nitrogen and oxygen atoms in total. The number of hydrogen-bond donors (Lipinski definition) is 1. The van der Waals surface area contributed by atoms with Gasteiger partial charge in [-0.1, -0.05) is 19.0 Å². The van der Waals surface area contributed by atoms with E-state index in [9.17, 15) is 0 Å². The molecule has 0 bridgehead atoms. The van der Waals surface area contributed by atoms with Gasteiger partial charge in [0.05, 0.1) is 17.0 Å². The first kappa shape index (κ1) is 13.8. The number of hydrogen-bond acceptors (Lipinski definition) is 5. The standard InChI is InChI=1S/C15H21N3OS/c1-8-12(9(2)19-18-8)14-17-11-7-15(3,4)6-10(16-5)13(11)20-14/h10,16H,6-7H2,1-5H3. The van der Waals surface area contributed by atoms with Gasteiger partial charge >= 0.3 is 0 Å². The fraction of sp³-hybridized carbons (Fsp3) is 0.600. The predicted octanol–water partition coefficient (Wildman–Crippen LogP) is 3.65. The van der Waals surface area contributed by atoms with Gasteiger partial charge in [0.25, 0.3) is 0 Å². The molecular weight excluding hydrogens is 270 g/mol. The van der Waals surface area contributed by atoms with Crippen LogP contribution in [0.2, 0.25) is 0 Å². The largest absolute Gasteiger partial charge is 0.361 e. The molecule has 1 atom stereocenters. The summed E-state index contributed by atoms with van der Waals surface area (Å²) < 4.78 is 5.28. The first-order valence-corrected chi connectivity index (χ1v) is 7.83. The summed E-state index contributed by atoms with van der Waals surface area (Å²) in [5.74, 6) is 0.855. The Balaban J connectivity index is 2.09. The average molecular weight is 291 g/mol. The maximum absolute atomic E-state index is 5.28. The Labute approximate surface area is 123 Å². The number of nitrogens with zero attached hydrogens (tertiary/aromatic N) is 2. The minimum absolute atomic E-state index is 0.296. The third-order valence-corrected chi connectivity index (χ3v) is 5.27. The van der Waals surface area contributed by atoms with E-state index in [1.165, 1.54) is 10.6 Å². The Kier molecular flexibility index (Phi) is 3.21. The van der Waals surface area contributed by atoms with Crippen LogP contribution in [0.4, 0.5) is 0 Å². The van der Waals surface area contributed by atoms with Crippen LogP contribution in [-0.4, -0.2) is 17.2 Å². The molecule has 0 spiro atoms. The third-order valence-electron chi connectivity index (χ3n) is 4.04. The van der Waals surface area contributed by atoms with Crippen molar-refractivity contribution in [2.75, 3.05) is 7.05 Å². The van der Waals surface area contributed by atoms with Crippen molar-refractivity contribution in [3.05, 3.63) is 22.0 Å². The number of rotatable bonds is 2. The molecule has 0 saturated heterocycles. The molecule has 2 heterocycles. The van der Waals surface area contributed by atoms with Crippen molar-refractivity contribution >= 4 is 11.3 Å². The molecule has 5 heteroatoms. The van der Waals surface area contributed by atoms with Crippen molar-refractivity contribution < 1.29 is 4.52 Å². The molecule has 0 aromatic carbocycles. The van der Waals surface area contributed by atoms with Crippen LogP contribution >= 0.6 is 11.3 Å². The van der Waals surface area contributed by atoms with Crippen LogP contribution in [0.15, 0.2) is 4.52 Å². The normalized spacial score (nSPS) is 20.9. The smallest absolute Gasteiger partial charge is 0.144 e. The van der Waals surface area contributed by atoms with Crippen LogP contribution in [0.5, 0.6) is 0 Å². The van der Waals surface area contributed by atoms with E-state index in [1.807, 2.05) is 20.9 Å². The summed E-state index contributed by atoms with van der Waals surface area (Å²) in [6.45, 7) is 8.56. The molecular formula is C15H21N3OS. The lowest BCUT2D eigenvalue weighted by Crippen LogP contribution is -2.30. The first-order valence-electron chi connectivity index (χ1n) is 7.01. The number of fused-ring (bicyclic) bond motifs is 1. The number of aryl methyl sites for hydroxylation is 2. The minimum Gasteiger partial charge on any atom is -0.361 e. The third kappa shape index (κ3) is 2.19. The van der Waals surface area contributed by atoms with Crippen molar-refractivity contribution in [3.63, 3.8) is 0 Å². The van der Waals surface area contributed by atoms with E-state index in [2.05, 4.69) is 24.3 Å². The fourth-order valence-electron chi connectivity index (χ4n) is 3.06. The zero-order valence-corrected chi connectivity index (χ0v) is 13.5. The number of aromatic nitrogens is 2. The highest BCUT2D eigenvalue weighted by Crippen LogP contribution is 2.45. The molecule has 3 rings (SSSR count). The van der Waals surface area contributed by atoms with Crippen molar-refractivity contribution in [1.82, 2.24) is 15.5 Å². The van der Waals surface area contributed by atoms with Crippen molar-refractivity contribution in [2.24, 2.45) is 5.41 Å². The lowest BCUT2D eigenvalue weighted by Gasteiger charge is -2.34. The summed E-state index contributed by atoms with van der Waals surface area (Å²) in [5, 5.41) is 8.52. The molecule has 0 saturated carbocycles. The van der Waals surface area contributed by atoms with Gasteiger partial charge in [-0.3, -0.25) is 0 Å². The molecule has 2 aromatic heterocycles. The van der Waals surface area contributed by atoms with Crippen LogP contribution in [0, 0.1) is 19.3 Å². The summed E-state index contributed by atoms with van der Waals surface area (Å²) in [7, 11) is 2.03. The molecule has 0 aliphatic heterocycles. The van der Waals surface area contributed by atoms with Crippen LogP contribution in [0.3, 0.4) is 0 Å². The van der Waals surface area contributed by atoms with E-state index in [4.69, 9.17) is 9.51 Å². The Bertz CT molecular complexity index is 622. The quantitative estimate of drug-likeness (QED) is 0.917. The lowest BCUT2D eigenvalue weighted by atomic mass is 9.76. The maximum Gasteiger partial charge on any atom is 0.144 e. The topological polar surface area (TPSA) is 51.0 Å². The van der Waals surface area contributed by atoms with Gasteiger partial charge in [-0.25, -0.2) is 4.98 Å². The fourth-order valence-corrected chi connectivity index (χ4v) is 4.40. The van der Waals surface area contributed by atoms with Crippen LogP contribution in [0.1, 0.15) is 48.3 Å². The summed E-state index contributed by atoms with van der Waals surface area (Å²) in [6, 6.07) is 0.403. The minimum atomic E-state index is 0.296. The molecule has 1 aliphatic rings. The number of thiazole rings is 1. The van der Waals surface area contributed by atoms with E-state index in [0.717, 1.165) is 34.9 Å². The van der Waals surface area contributed by atoms with Gasteiger partial charge in [0.2, 0.25) is 0 Å². The summed E-state index contributed by atoms with van der Waals surface area (Å²) in [5.41, 5.74) is 3.52. The monoisotopic (exact) mass is 291 g/mol. The van der Waals surface area contributed by atoms with Crippen molar-refractivity contribution in [1.29, 1.82) is 0 Å². The molecule has 0 radical (unpaired) electrons. The maximum atomic E-state index is 5.28. The Hall–Kier alpha value is -1.20. The number of nitrogens with one attached hydrogen (secondary N) is 1. The molecule has 1 unspecified atom stereocenters. The second-order valence-electron chi connectivity index (χ2n) is 6.42. The van der Waals surface area contributed by atoms with Crippen molar-refractivity contribution in [3.8, 4) is 10.6 Å². The van der Waals surface area contributed by atoms with Crippen LogP contribution in [0.25, 0.3) is 10.6 Å². The Morgan fingerprint density at radius 3 is 2.70 bits per heavy atom. The Morgan fingerprint density at radius 1 is 1.35 bits per heavy atom. The predicted molar refractivity (Wildman–Crippen MR) is 81.0 cm³/mol. The second-order valence-corrected chi connectivity index (χ2v) is 7.45. The van der Waals surface area contributed by atoms with E-state index >= 15 is 0 Å². The van der Waals surface area contributed by atoms with Gasteiger partial charge in [0.15, 0.2) is 0 Å². The van der Waals surface area contributed by atoms with Gasteiger partial charge in [-0.05, 0) is 39.2 Å². The summed E-state index contributed by atoms with van der Waals surface area (Å²) in [6.07, 6.45) is 2.19. The highest BCUT2D eigenvalue weighted by Gasteiger charge is 2.35. The highest BCUT2D eigenvalue weighted by atomic mass is 32.1. The summed E-state index contributed by atoms with van der Waals surface area (Å²) >= 11 is 1.78. The SMILES string of the molecule is CNC1CC(C)(C)Cc2nc(-c3c(C)noc3C)sc21. The second kappa shape index (κ2) is 4.67. The highest BCUT2D eigenvalue weighted by molar-refractivity contribution is 7.15. The van der Waals surface area contributed by atoms with E-state index in [-0.39, 0.29) is 0 Å². The summed E-state index contributed by atoms with van der Waals surface area (Å²) in [4.78, 5) is 6.26. The molecule has 108 valence electrons. The molecule has 2 aromatic rings. The molecule has 1 aliphatic carbocycles.